The first kappa shape index (κ1) is 19.8. The van der Waals surface area contributed by atoms with Gasteiger partial charge in [-0.2, -0.15) is 4.98 Å². The van der Waals surface area contributed by atoms with Crippen LogP contribution in [0.25, 0.3) is 11.6 Å². The average molecular weight is 398 g/mol. The molecule has 2 saturated heterocycles. The van der Waals surface area contributed by atoms with Gasteiger partial charge in [-0.05, 0) is 50.4 Å². The predicted octanol–water partition coefficient (Wildman–Crippen LogP) is 2.06. The number of pyridine rings is 1. The molecule has 0 bridgehead atoms. The summed E-state index contributed by atoms with van der Waals surface area (Å²) in [6, 6.07) is 5.64. The number of rotatable bonds is 6. The van der Waals surface area contributed by atoms with Crippen molar-refractivity contribution >= 4 is 5.96 Å². The topological polar surface area (TPSA) is 82.7 Å². The summed E-state index contributed by atoms with van der Waals surface area (Å²) in [5, 5.41) is 7.52. The summed E-state index contributed by atoms with van der Waals surface area (Å²) in [4.78, 5) is 18.2. The molecule has 1 unspecified atom stereocenters. The molecule has 4 heterocycles. The molecule has 2 aromatic rings. The van der Waals surface area contributed by atoms with Crippen molar-refractivity contribution in [1.29, 1.82) is 0 Å². The molecule has 2 aliphatic heterocycles. The van der Waals surface area contributed by atoms with E-state index in [1.165, 1.54) is 45.3 Å². The minimum Gasteiger partial charge on any atom is -0.356 e. The van der Waals surface area contributed by atoms with Crippen molar-refractivity contribution in [3.8, 4) is 11.6 Å². The van der Waals surface area contributed by atoms with Crippen molar-refractivity contribution in [3.63, 3.8) is 0 Å². The molecule has 1 atom stereocenters. The van der Waals surface area contributed by atoms with Gasteiger partial charge in [0.05, 0.1) is 0 Å². The van der Waals surface area contributed by atoms with Gasteiger partial charge in [0.2, 0.25) is 0 Å². The number of hydrogen-bond acceptors (Lipinski definition) is 6. The first-order valence-electron chi connectivity index (χ1n) is 10.7. The third kappa shape index (κ3) is 5.32. The zero-order valence-corrected chi connectivity index (χ0v) is 17.3. The number of aliphatic imine (C=N–C) groups is 1. The van der Waals surface area contributed by atoms with E-state index < -0.39 is 0 Å². The van der Waals surface area contributed by atoms with Crippen LogP contribution in [0.5, 0.6) is 0 Å². The van der Waals surface area contributed by atoms with E-state index in [4.69, 9.17) is 4.52 Å². The van der Waals surface area contributed by atoms with E-state index in [1.54, 1.807) is 6.20 Å². The molecule has 8 heteroatoms. The van der Waals surface area contributed by atoms with E-state index >= 15 is 0 Å². The van der Waals surface area contributed by atoms with Crippen molar-refractivity contribution in [3.05, 3.63) is 30.2 Å². The number of guanidine groups is 1. The molecule has 8 nitrogen and oxygen atoms in total. The fraction of sp³-hybridized carbons (Fsp3) is 0.619. The summed E-state index contributed by atoms with van der Waals surface area (Å²) in [6.45, 7) is 6.66. The number of aromatic nitrogens is 3. The number of nitrogens with zero attached hydrogens (tertiary/aromatic N) is 6. The minimum absolute atomic E-state index is 0.463. The minimum atomic E-state index is 0.463. The molecule has 2 aromatic heterocycles. The Bertz CT molecular complexity index is 785. The van der Waals surface area contributed by atoms with Gasteiger partial charge >= 0.3 is 0 Å². The van der Waals surface area contributed by atoms with Gasteiger partial charge in [0.25, 0.3) is 5.89 Å². The van der Waals surface area contributed by atoms with Gasteiger partial charge < -0.3 is 19.6 Å². The van der Waals surface area contributed by atoms with Gasteiger partial charge in [-0.3, -0.25) is 9.98 Å². The van der Waals surface area contributed by atoms with E-state index in [-0.39, 0.29) is 0 Å². The number of hydrogen-bond donors (Lipinski definition) is 1. The summed E-state index contributed by atoms with van der Waals surface area (Å²) < 4.78 is 5.32. The van der Waals surface area contributed by atoms with Crippen molar-refractivity contribution in [1.82, 2.24) is 30.2 Å². The van der Waals surface area contributed by atoms with Gasteiger partial charge in [-0.25, -0.2) is 0 Å². The fourth-order valence-corrected chi connectivity index (χ4v) is 4.25. The average Bonchev–Trinajstić information content (AvgIpc) is 3.43. The molecular weight excluding hydrogens is 366 g/mol. The molecule has 2 fully saturated rings. The van der Waals surface area contributed by atoms with Gasteiger partial charge in [-0.15, -0.1) is 0 Å². The lowest BCUT2D eigenvalue weighted by Gasteiger charge is -2.29. The van der Waals surface area contributed by atoms with Crippen LogP contribution in [-0.4, -0.2) is 77.2 Å². The molecule has 156 valence electrons. The molecule has 1 N–H and O–H groups in total. The maximum absolute atomic E-state index is 5.32. The fourth-order valence-electron chi connectivity index (χ4n) is 4.25. The normalized spacial score (nSPS) is 20.9. The first-order valence-corrected chi connectivity index (χ1v) is 10.7. The largest absolute Gasteiger partial charge is 0.356 e. The number of likely N-dealkylation sites (tertiary alicyclic amines) is 2. The summed E-state index contributed by atoms with van der Waals surface area (Å²) in [5.41, 5.74) is 0.701. The van der Waals surface area contributed by atoms with Crippen LogP contribution in [-0.2, 0) is 6.42 Å². The highest BCUT2D eigenvalue weighted by atomic mass is 16.5. The molecule has 2 aliphatic rings. The number of piperidine rings is 1. The van der Waals surface area contributed by atoms with Crippen LogP contribution < -0.4 is 5.32 Å². The molecule has 0 aromatic carbocycles. The third-order valence-corrected chi connectivity index (χ3v) is 5.75. The quantitative estimate of drug-likeness (QED) is 0.590. The van der Waals surface area contributed by atoms with E-state index in [0.717, 1.165) is 31.5 Å². The molecule has 0 aliphatic carbocycles. The molecule has 0 saturated carbocycles. The molecular formula is C21H31N7O. The molecule has 0 radical (unpaired) electrons. The van der Waals surface area contributed by atoms with Gasteiger partial charge in [0.1, 0.15) is 5.69 Å². The lowest BCUT2D eigenvalue weighted by Crippen LogP contribution is -2.42. The Morgan fingerprint density at radius 1 is 1.24 bits per heavy atom. The Kier molecular flexibility index (Phi) is 6.71. The summed E-state index contributed by atoms with van der Waals surface area (Å²) in [6.07, 6.45) is 7.76. The van der Waals surface area contributed by atoms with Crippen LogP contribution in [0, 0.1) is 5.92 Å². The summed E-state index contributed by atoms with van der Waals surface area (Å²) >= 11 is 0. The van der Waals surface area contributed by atoms with E-state index in [0.29, 0.717) is 23.8 Å². The lowest BCUT2D eigenvalue weighted by atomic mass is 10.1. The van der Waals surface area contributed by atoms with Crippen molar-refractivity contribution in [2.24, 2.45) is 10.9 Å². The second kappa shape index (κ2) is 9.82. The molecule has 29 heavy (non-hydrogen) atoms. The van der Waals surface area contributed by atoms with Crippen LogP contribution in [0.1, 0.15) is 31.5 Å². The Morgan fingerprint density at radius 3 is 2.93 bits per heavy atom. The van der Waals surface area contributed by atoms with Crippen molar-refractivity contribution in [2.45, 2.75) is 32.1 Å². The van der Waals surface area contributed by atoms with E-state index in [2.05, 4.69) is 35.2 Å². The maximum Gasteiger partial charge on any atom is 0.276 e. The monoisotopic (exact) mass is 397 g/mol. The van der Waals surface area contributed by atoms with Crippen molar-refractivity contribution in [2.75, 3.05) is 46.3 Å². The van der Waals surface area contributed by atoms with E-state index in [1.807, 2.05) is 25.2 Å². The summed E-state index contributed by atoms with van der Waals surface area (Å²) in [7, 11) is 1.85. The summed E-state index contributed by atoms with van der Waals surface area (Å²) in [5.74, 6) is 2.85. The van der Waals surface area contributed by atoms with Crippen molar-refractivity contribution < 1.29 is 4.52 Å². The Morgan fingerprint density at radius 2 is 2.14 bits per heavy atom. The second-order valence-corrected chi connectivity index (χ2v) is 7.92. The number of nitrogens with one attached hydrogen (secondary N) is 1. The lowest BCUT2D eigenvalue weighted by molar-refractivity contribution is 0.198. The smallest absolute Gasteiger partial charge is 0.276 e. The van der Waals surface area contributed by atoms with Crippen LogP contribution in [0.3, 0.4) is 0 Å². The van der Waals surface area contributed by atoms with Crippen LogP contribution in [0.15, 0.2) is 33.9 Å². The second-order valence-electron chi connectivity index (χ2n) is 7.92. The zero-order valence-electron chi connectivity index (χ0n) is 17.3. The highest BCUT2D eigenvalue weighted by Crippen LogP contribution is 2.20. The predicted molar refractivity (Wildman–Crippen MR) is 113 cm³/mol. The zero-order chi connectivity index (χ0) is 19.9. The Labute approximate surface area is 172 Å². The van der Waals surface area contributed by atoms with Crippen LogP contribution in [0.4, 0.5) is 0 Å². The molecule has 0 amide bonds. The van der Waals surface area contributed by atoms with Gasteiger partial charge in [0.15, 0.2) is 11.8 Å². The van der Waals surface area contributed by atoms with Crippen LogP contribution >= 0.6 is 0 Å². The first-order chi connectivity index (χ1) is 14.3. The Hall–Kier alpha value is -2.48. The highest BCUT2D eigenvalue weighted by Gasteiger charge is 2.26. The van der Waals surface area contributed by atoms with Gasteiger partial charge in [-0.1, -0.05) is 17.6 Å². The van der Waals surface area contributed by atoms with Gasteiger partial charge in [0, 0.05) is 45.8 Å². The highest BCUT2D eigenvalue weighted by molar-refractivity contribution is 5.80. The third-order valence-electron chi connectivity index (χ3n) is 5.75. The standard InChI is InChI=1S/C21H31N7O/c1-22-21(28-14-9-17(16-28)15-27-12-5-2-6-13-27)24-11-8-19-25-20(29-26-19)18-7-3-4-10-23-18/h3-4,7,10,17H,2,5-6,8-9,11-16H2,1H3,(H,22,24). The molecule has 4 rings (SSSR count). The van der Waals surface area contributed by atoms with E-state index in [9.17, 15) is 0 Å². The maximum atomic E-state index is 5.32. The van der Waals surface area contributed by atoms with Crippen LogP contribution in [0.2, 0.25) is 0 Å². The molecule has 0 spiro atoms. The SMILES string of the molecule is CN=C(NCCc1noc(-c2ccccn2)n1)N1CCC(CN2CCCCC2)C1. The Balaban J connectivity index is 1.22.